The van der Waals surface area contributed by atoms with Crippen LogP contribution in [0.2, 0.25) is 0 Å². The minimum atomic E-state index is -0.440. The molecule has 0 amide bonds. The molecule has 1 aromatic carbocycles. The maximum atomic E-state index is 12.9. The van der Waals surface area contributed by atoms with Crippen molar-refractivity contribution in [2.45, 2.75) is 84.3 Å². The van der Waals surface area contributed by atoms with E-state index in [2.05, 4.69) is 49.5 Å². The predicted molar refractivity (Wildman–Crippen MR) is 132 cm³/mol. The Morgan fingerprint density at radius 2 is 2.06 bits per heavy atom. The number of rotatable bonds is 10. The van der Waals surface area contributed by atoms with Crippen LogP contribution in [0.4, 0.5) is 5.69 Å². The van der Waals surface area contributed by atoms with Crippen LogP contribution in [0, 0.1) is 11.8 Å². The summed E-state index contributed by atoms with van der Waals surface area (Å²) in [7, 11) is 0. The number of hydrogen-bond donors (Lipinski definition) is 1. The van der Waals surface area contributed by atoms with Gasteiger partial charge in [0.15, 0.2) is 0 Å². The fraction of sp³-hybridized carbons (Fsp3) is 0.640. The van der Waals surface area contributed by atoms with Gasteiger partial charge in [0.25, 0.3) is 0 Å². The van der Waals surface area contributed by atoms with Crippen molar-refractivity contribution in [3.8, 4) is 0 Å². The van der Waals surface area contributed by atoms with E-state index in [0.29, 0.717) is 5.92 Å². The lowest BCUT2D eigenvalue weighted by Gasteiger charge is -2.28. The first-order valence-corrected chi connectivity index (χ1v) is 12.7. The number of aromatic nitrogens is 3. The van der Waals surface area contributed by atoms with Gasteiger partial charge in [-0.2, -0.15) is 5.10 Å². The van der Waals surface area contributed by atoms with Crippen LogP contribution in [0.15, 0.2) is 35.3 Å². The second-order valence-corrected chi connectivity index (χ2v) is 10.8. The summed E-state index contributed by atoms with van der Waals surface area (Å²) < 4.78 is 8.62. The van der Waals surface area contributed by atoms with Gasteiger partial charge in [-0.15, -0.1) is 0 Å². The molecule has 3 rings (SSSR count). The molecule has 1 N–H and O–H groups in total. The highest BCUT2D eigenvalue weighted by atomic mass is 79.9. The summed E-state index contributed by atoms with van der Waals surface area (Å²) in [4.78, 5) is 16.9. The monoisotopic (exact) mass is 504 g/mol. The van der Waals surface area contributed by atoms with Crippen molar-refractivity contribution in [3.63, 3.8) is 0 Å². The Balaban J connectivity index is 1.56. The number of hydrogen-bond acceptors (Lipinski definition) is 5. The molecular weight excluding hydrogens is 468 g/mol. The lowest BCUT2D eigenvalue weighted by atomic mass is 9.81. The maximum Gasteiger partial charge on any atom is 0.309 e. The summed E-state index contributed by atoms with van der Waals surface area (Å²) in [5.74, 6) is 0.592. The summed E-state index contributed by atoms with van der Waals surface area (Å²) >= 11 is 3.69. The number of nitrogens with one attached hydrogen (secondary N) is 1. The van der Waals surface area contributed by atoms with E-state index in [9.17, 15) is 4.79 Å². The quantitative estimate of drug-likeness (QED) is 0.401. The summed E-state index contributed by atoms with van der Waals surface area (Å²) in [6.07, 6.45) is 12.3. The molecule has 0 aliphatic heterocycles. The molecule has 0 radical (unpaired) electrons. The number of ether oxygens (including phenoxy) is 1. The molecule has 1 aliphatic carbocycles. The van der Waals surface area contributed by atoms with Gasteiger partial charge in [0.2, 0.25) is 0 Å². The van der Waals surface area contributed by atoms with Crippen LogP contribution in [-0.4, -0.2) is 32.9 Å². The second-order valence-electron chi connectivity index (χ2n) is 9.91. The molecule has 1 aromatic heterocycles. The van der Waals surface area contributed by atoms with E-state index >= 15 is 0 Å². The second kappa shape index (κ2) is 11.8. The van der Waals surface area contributed by atoms with Crippen molar-refractivity contribution in [1.82, 2.24) is 14.8 Å². The van der Waals surface area contributed by atoms with Crippen molar-refractivity contribution in [1.29, 1.82) is 0 Å². The molecule has 1 saturated carbocycles. The fourth-order valence-electron chi connectivity index (χ4n) is 4.39. The van der Waals surface area contributed by atoms with Gasteiger partial charge in [-0.3, -0.25) is 9.48 Å². The molecule has 0 bridgehead atoms. The molecule has 32 heavy (non-hydrogen) atoms. The van der Waals surface area contributed by atoms with Crippen molar-refractivity contribution in [3.05, 3.63) is 40.9 Å². The lowest BCUT2D eigenvalue weighted by Crippen LogP contribution is -2.30. The molecule has 1 atom stereocenters. The van der Waals surface area contributed by atoms with Crippen molar-refractivity contribution < 1.29 is 9.53 Å². The Kier molecular flexibility index (Phi) is 9.14. The number of nitrogens with zero attached hydrogens (tertiary/aromatic N) is 3. The highest BCUT2D eigenvalue weighted by Crippen LogP contribution is 2.32. The number of aryl methyl sites for hydroxylation is 1. The van der Waals surface area contributed by atoms with E-state index in [-0.39, 0.29) is 11.9 Å². The molecule has 2 aromatic rings. The summed E-state index contributed by atoms with van der Waals surface area (Å²) in [5, 5.41) is 7.55. The maximum absolute atomic E-state index is 12.9. The zero-order chi connectivity index (χ0) is 23.0. The third-order valence-corrected chi connectivity index (χ3v) is 6.68. The first-order chi connectivity index (χ1) is 15.3. The molecule has 1 fully saturated rings. The Morgan fingerprint density at radius 1 is 1.28 bits per heavy atom. The molecule has 176 valence electrons. The third-order valence-electron chi connectivity index (χ3n) is 6.02. The van der Waals surface area contributed by atoms with Gasteiger partial charge >= 0.3 is 5.97 Å². The number of carbonyl (C=O) groups excluding carboxylic acids is 1. The molecule has 0 spiro atoms. The molecule has 1 heterocycles. The van der Waals surface area contributed by atoms with Crippen LogP contribution in [0.25, 0.3) is 0 Å². The largest absolute Gasteiger partial charge is 0.460 e. The molecule has 1 aliphatic rings. The summed E-state index contributed by atoms with van der Waals surface area (Å²) in [5.41, 5.74) is 1.85. The average Bonchev–Trinajstić information content (AvgIpc) is 3.25. The van der Waals surface area contributed by atoms with Crippen LogP contribution >= 0.6 is 15.9 Å². The normalized spacial score (nSPS) is 16.0. The van der Waals surface area contributed by atoms with Gasteiger partial charge < -0.3 is 10.1 Å². The minimum Gasteiger partial charge on any atom is -0.460 e. The predicted octanol–water partition coefficient (Wildman–Crippen LogP) is 6.01. The summed E-state index contributed by atoms with van der Waals surface area (Å²) in [6.45, 7) is 7.38. The highest BCUT2D eigenvalue weighted by Gasteiger charge is 2.28. The van der Waals surface area contributed by atoms with Crippen molar-refractivity contribution in [2.75, 3.05) is 11.9 Å². The topological polar surface area (TPSA) is 69.0 Å². The number of benzene rings is 1. The number of halogens is 1. The number of carbonyl (C=O) groups is 1. The Labute approximate surface area is 200 Å². The van der Waals surface area contributed by atoms with Gasteiger partial charge in [-0.05, 0) is 79.6 Å². The molecule has 0 saturated heterocycles. The van der Waals surface area contributed by atoms with E-state index in [1.54, 1.807) is 17.3 Å². The van der Waals surface area contributed by atoms with Crippen LogP contribution in [-0.2, 0) is 22.5 Å². The smallest absolute Gasteiger partial charge is 0.309 e. The Bertz CT molecular complexity index is 842. The minimum absolute atomic E-state index is 0.0309. The first-order valence-electron chi connectivity index (χ1n) is 11.9. The summed E-state index contributed by atoms with van der Waals surface area (Å²) in [6, 6.07) is 6.41. The van der Waals surface area contributed by atoms with Gasteiger partial charge in [-0.25, -0.2) is 4.98 Å². The highest BCUT2D eigenvalue weighted by molar-refractivity contribution is 9.10. The molecule has 1 unspecified atom stereocenters. The van der Waals surface area contributed by atoms with Gasteiger partial charge in [-0.1, -0.05) is 38.2 Å². The van der Waals surface area contributed by atoms with Crippen LogP contribution in [0.5, 0.6) is 0 Å². The van der Waals surface area contributed by atoms with Gasteiger partial charge in [0, 0.05) is 16.7 Å². The van der Waals surface area contributed by atoms with Crippen LogP contribution < -0.4 is 5.32 Å². The molecule has 7 heteroatoms. The van der Waals surface area contributed by atoms with E-state index in [1.807, 2.05) is 20.8 Å². The van der Waals surface area contributed by atoms with Gasteiger partial charge in [0.05, 0.1) is 12.5 Å². The van der Waals surface area contributed by atoms with Crippen molar-refractivity contribution in [2.24, 2.45) is 11.8 Å². The Morgan fingerprint density at radius 3 is 2.72 bits per heavy atom. The Hall–Kier alpha value is -1.89. The SMILES string of the molecule is CC(C)(C)OC(=O)C(CCc1ccc(NCCn2cncn2)c(Br)c1)CC1CCCCC1. The van der Waals surface area contributed by atoms with E-state index in [0.717, 1.165) is 42.5 Å². The third kappa shape index (κ3) is 8.23. The standard InChI is InChI=1S/C25H37BrN4O2/c1-25(2,3)32-24(31)21(15-19-7-5-4-6-8-19)11-9-20-10-12-23(22(26)16-20)28-13-14-30-18-27-17-29-30/h10,12,16-19,21,28H,4-9,11,13-15H2,1-3H3. The number of esters is 1. The average molecular weight is 506 g/mol. The lowest BCUT2D eigenvalue weighted by molar-refractivity contribution is -0.161. The number of anilines is 1. The first kappa shape index (κ1) is 24.7. The van der Waals surface area contributed by atoms with Crippen LogP contribution in [0.1, 0.15) is 71.3 Å². The molecular formula is C25H37BrN4O2. The van der Waals surface area contributed by atoms with Crippen LogP contribution in [0.3, 0.4) is 0 Å². The van der Waals surface area contributed by atoms with Gasteiger partial charge in [0.1, 0.15) is 18.3 Å². The fourth-order valence-corrected chi connectivity index (χ4v) is 4.96. The van der Waals surface area contributed by atoms with Crippen molar-refractivity contribution >= 4 is 27.6 Å². The van der Waals surface area contributed by atoms with E-state index in [1.165, 1.54) is 37.7 Å². The zero-order valence-corrected chi connectivity index (χ0v) is 21.2. The van der Waals surface area contributed by atoms with E-state index < -0.39 is 5.60 Å². The molecule has 6 nitrogen and oxygen atoms in total. The zero-order valence-electron chi connectivity index (χ0n) is 19.6. The van der Waals surface area contributed by atoms with E-state index in [4.69, 9.17) is 4.74 Å².